The van der Waals surface area contributed by atoms with Gasteiger partial charge in [0.05, 0.1) is 18.3 Å². The van der Waals surface area contributed by atoms with Gasteiger partial charge in [0, 0.05) is 24.8 Å². The standard InChI is InChI=1S/C19H31N5O/c1-7-16-15(17(8-2)24(6)23-16)12-21-19(20-9-3)22-14(5)18-11-10-13(4)25-18/h10-11,14H,7-9,12H2,1-6H3,(H2,20,21,22). The fourth-order valence-electron chi connectivity index (χ4n) is 3.01. The summed E-state index contributed by atoms with van der Waals surface area (Å²) in [5, 5.41) is 11.4. The fourth-order valence-corrected chi connectivity index (χ4v) is 3.01. The van der Waals surface area contributed by atoms with Crippen LogP contribution in [0, 0.1) is 6.92 Å². The Balaban J connectivity index is 2.17. The van der Waals surface area contributed by atoms with Crippen molar-refractivity contribution in [3.05, 3.63) is 40.6 Å². The number of aryl methyl sites for hydroxylation is 3. The van der Waals surface area contributed by atoms with E-state index in [1.165, 1.54) is 11.3 Å². The molecular weight excluding hydrogens is 314 g/mol. The van der Waals surface area contributed by atoms with Crippen molar-refractivity contribution in [2.75, 3.05) is 6.54 Å². The molecule has 2 heterocycles. The van der Waals surface area contributed by atoms with E-state index >= 15 is 0 Å². The molecule has 0 saturated carbocycles. The summed E-state index contributed by atoms with van der Waals surface area (Å²) in [5.41, 5.74) is 3.63. The highest BCUT2D eigenvalue weighted by Crippen LogP contribution is 2.17. The third-order valence-electron chi connectivity index (χ3n) is 4.31. The number of aromatic nitrogens is 2. The van der Waals surface area contributed by atoms with Crippen LogP contribution in [0.25, 0.3) is 0 Å². The summed E-state index contributed by atoms with van der Waals surface area (Å²) in [5.74, 6) is 2.62. The number of guanidine groups is 1. The van der Waals surface area contributed by atoms with Gasteiger partial charge in [-0.1, -0.05) is 13.8 Å². The molecule has 6 nitrogen and oxygen atoms in total. The molecule has 1 unspecified atom stereocenters. The molecule has 6 heteroatoms. The molecule has 0 aliphatic rings. The van der Waals surface area contributed by atoms with E-state index in [-0.39, 0.29) is 6.04 Å². The Morgan fingerprint density at radius 2 is 2.04 bits per heavy atom. The molecule has 0 aliphatic heterocycles. The van der Waals surface area contributed by atoms with Crippen LogP contribution in [0.1, 0.15) is 62.2 Å². The topological polar surface area (TPSA) is 67.4 Å². The van der Waals surface area contributed by atoms with Gasteiger partial charge in [-0.15, -0.1) is 0 Å². The van der Waals surface area contributed by atoms with Gasteiger partial charge in [0.25, 0.3) is 0 Å². The van der Waals surface area contributed by atoms with Gasteiger partial charge in [0.15, 0.2) is 5.96 Å². The number of hydrogen-bond acceptors (Lipinski definition) is 3. The van der Waals surface area contributed by atoms with E-state index in [0.29, 0.717) is 6.54 Å². The minimum Gasteiger partial charge on any atom is -0.464 e. The second kappa shape index (κ2) is 8.74. The number of nitrogens with zero attached hydrogens (tertiary/aromatic N) is 3. The van der Waals surface area contributed by atoms with Crippen molar-refractivity contribution in [1.29, 1.82) is 0 Å². The highest BCUT2D eigenvalue weighted by molar-refractivity contribution is 5.80. The van der Waals surface area contributed by atoms with E-state index in [4.69, 9.17) is 9.41 Å². The molecule has 2 aromatic heterocycles. The Morgan fingerprint density at radius 1 is 1.28 bits per heavy atom. The molecule has 2 rings (SSSR count). The third kappa shape index (κ3) is 4.65. The van der Waals surface area contributed by atoms with Gasteiger partial charge in [-0.25, -0.2) is 4.99 Å². The maximum absolute atomic E-state index is 5.70. The van der Waals surface area contributed by atoms with E-state index in [9.17, 15) is 0 Å². The molecule has 0 bridgehead atoms. The first kappa shape index (κ1) is 19.1. The van der Waals surface area contributed by atoms with Gasteiger partial charge in [0.2, 0.25) is 0 Å². The summed E-state index contributed by atoms with van der Waals surface area (Å²) in [6.45, 7) is 11.8. The summed E-state index contributed by atoms with van der Waals surface area (Å²) in [6.07, 6.45) is 1.88. The van der Waals surface area contributed by atoms with Crippen LogP contribution in [0.15, 0.2) is 21.5 Å². The zero-order valence-corrected chi connectivity index (χ0v) is 16.3. The van der Waals surface area contributed by atoms with Crippen LogP contribution in [0.2, 0.25) is 0 Å². The van der Waals surface area contributed by atoms with Crippen LogP contribution in [0.5, 0.6) is 0 Å². The smallest absolute Gasteiger partial charge is 0.192 e. The number of furan rings is 1. The van der Waals surface area contributed by atoms with E-state index in [0.717, 1.165) is 42.6 Å². The van der Waals surface area contributed by atoms with E-state index in [1.807, 2.05) is 30.8 Å². The molecule has 0 radical (unpaired) electrons. The highest BCUT2D eigenvalue weighted by atomic mass is 16.3. The van der Waals surface area contributed by atoms with Gasteiger partial charge in [-0.05, 0) is 45.7 Å². The SMILES string of the molecule is CCNC(=NCc1c(CC)nn(C)c1CC)NC(C)c1ccc(C)o1. The molecule has 0 spiro atoms. The molecule has 0 aliphatic carbocycles. The van der Waals surface area contributed by atoms with Crippen molar-refractivity contribution >= 4 is 5.96 Å². The van der Waals surface area contributed by atoms with Crippen LogP contribution >= 0.6 is 0 Å². The number of rotatable bonds is 7. The van der Waals surface area contributed by atoms with E-state index in [2.05, 4.69) is 43.4 Å². The molecule has 0 amide bonds. The minimum absolute atomic E-state index is 0.0525. The van der Waals surface area contributed by atoms with Crippen molar-refractivity contribution in [3.8, 4) is 0 Å². The van der Waals surface area contributed by atoms with Crippen molar-refractivity contribution in [1.82, 2.24) is 20.4 Å². The Labute approximate surface area is 150 Å². The third-order valence-corrected chi connectivity index (χ3v) is 4.31. The summed E-state index contributed by atoms with van der Waals surface area (Å²) < 4.78 is 7.69. The molecule has 0 saturated heterocycles. The van der Waals surface area contributed by atoms with Gasteiger partial charge in [0.1, 0.15) is 11.5 Å². The average molecular weight is 345 g/mol. The summed E-state index contributed by atoms with van der Waals surface area (Å²) in [7, 11) is 2.01. The lowest BCUT2D eigenvalue weighted by atomic mass is 10.1. The Bertz CT molecular complexity index is 713. The summed E-state index contributed by atoms with van der Waals surface area (Å²) in [4.78, 5) is 4.79. The highest BCUT2D eigenvalue weighted by Gasteiger charge is 2.15. The van der Waals surface area contributed by atoms with Gasteiger partial charge >= 0.3 is 0 Å². The molecule has 1 atom stereocenters. The van der Waals surface area contributed by atoms with Crippen LogP contribution in [-0.4, -0.2) is 22.3 Å². The predicted octanol–water partition coefficient (Wildman–Crippen LogP) is 3.26. The first-order valence-corrected chi connectivity index (χ1v) is 9.14. The summed E-state index contributed by atoms with van der Waals surface area (Å²) >= 11 is 0. The Morgan fingerprint density at radius 3 is 2.60 bits per heavy atom. The second-order valence-corrected chi connectivity index (χ2v) is 6.21. The monoisotopic (exact) mass is 345 g/mol. The zero-order valence-electron chi connectivity index (χ0n) is 16.3. The molecule has 2 aromatic rings. The van der Waals surface area contributed by atoms with E-state index in [1.54, 1.807) is 0 Å². The lowest BCUT2D eigenvalue weighted by molar-refractivity contribution is 0.441. The van der Waals surface area contributed by atoms with Crippen LogP contribution in [0.3, 0.4) is 0 Å². The van der Waals surface area contributed by atoms with Crippen molar-refractivity contribution in [2.45, 2.75) is 60.0 Å². The Kier molecular flexibility index (Phi) is 6.67. The normalized spacial score (nSPS) is 13.1. The first-order chi connectivity index (χ1) is 12.0. The minimum atomic E-state index is 0.0525. The molecule has 2 N–H and O–H groups in total. The van der Waals surface area contributed by atoms with Crippen molar-refractivity contribution in [3.63, 3.8) is 0 Å². The summed E-state index contributed by atoms with van der Waals surface area (Å²) in [6, 6.07) is 4.03. The largest absolute Gasteiger partial charge is 0.464 e. The quantitative estimate of drug-likeness (QED) is 0.597. The van der Waals surface area contributed by atoms with Gasteiger partial charge in [-0.2, -0.15) is 5.10 Å². The average Bonchev–Trinajstić information content (AvgIpc) is 3.15. The van der Waals surface area contributed by atoms with Crippen molar-refractivity contribution < 1.29 is 4.42 Å². The molecule has 25 heavy (non-hydrogen) atoms. The van der Waals surface area contributed by atoms with Crippen LogP contribution in [-0.2, 0) is 26.4 Å². The van der Waals surface area contributed by atoms with E-state index < -0.39 is 0 Å². The fraction of sp³-hybridized carbons (Fsp3) is 0.579. The lowest BCUT2D eigenvalue weighted by Crippen LogP contribution is -2.38. The second-order valence-electron chi connectivity index (χ2n) is 6.21. The number of aliphatic imine (C=N–C) groups is 1. The molecule has 0 fully saturated rings. The van der Waals surface area contributed by atoms with Crippen molar-refractivity contribution in [2.24, 2.45) is 12.0 Å². The van der Waals surface area contributed by atoms with Crippen LogP contribution in [0.4, 0.5) is 0 Å². The first-order valence-electron chi connectivity index (χ1n) is 9.14. The zero-order chi connectivity index (χ0) is 18.4. The maximum Gasteiger partial charge on any atom is 0.192 e. The lowest BCUT2D eigenvalue weighted by Gasteiger charge is -2.16. The van der Waals surface area contributed by atoms with Crippen LogP contribution < -0.4 is 10.6 Å². The predicted molar refractivity (Wildman–Crippen MR) is 102 cm³/mol. The maximum atomic E-state index is 5.70. The van der Waals surface area contributed by atoms with Gasteiger partial charge in [-0.3, -0.25) is 4.68 Å². The molecule has 0 aromatic carbocycles. The van der Waals surface area contributed by atoms with Gasteiger partial charge < -0.3 is 15.1 Å². The molecule has 138 valence electrons. The number of nitrogens with one attached hydrogen (secondary N) is 2. The Hall–Kier alpha value is -2.24. The molecular formula is C19H31N5O. The number of hydrogen-bond donors (Lipinski definition) is 2.